The van der Waals surface area contributed by atoms with Crippen molar-refractivity contribution in [3.8, 4) is 0 Å². The average Bonchev–Trinajstić information content (AvgIpc) is 2.60. The summed E-state index contributed by atoms with van der Waals surface area (Å²) in [7, 11) is 0. The SMILES string of the molecule is CC(C)CN(CC(C)C)c1ncnc(Nc2ccc(C(=O)O)cc2)c1[N+](=O)[O-]. The van der Waals surface area contributed by atoms with Gasteiger partial charge >= 0.3 is 11.7 Å². The van der Waals surface area contributed by atoms with E-state index in [4.69, 9.17) is 5.11 Å². The number of rotatable bonds is 9. The van der Waals surface area contributed by atoms with E-state index in [2.05, 4.69) is 15.3 Å². The molecular weight excluding hydrogens is 362 g/mol. The predicted octanol–water partition coefficient (Wildman–Crippen LogP) is 3.95. The van der Waals surface area contributed by atoms with Crippen molar-refractivity contribution in [2.24, 2.45) is 11.8 Å². The first-order valence-electron chi connectivity index (χ1n) is 9.03. The summed E-state index contributed by atoms with van der Waals surface area (Å²) in [5.74, 6) is -0.107. The molecule has 150 valence electrons. The first-order valence-corrected chi connectivity index (χ1v) is 9.03. The maximum absolute atomic E-state index is 11.8. The largest absolute Gasteiger partial charge is 0.478 e. The van der Waals surface area contributed by atoms with Crippen LogP contribution in [0.1, 0.15) is 38.1 Å². The molecule has 2 rings (SSSR count). The number of hydrogen-bond acceptors (Lipinski definition) is 7. The predicted molar refractivity (Wildman–Crippen MR) is 107 cm³/mol. The van der Waals surface area contributed by atoms with Gasteiger partial charge in [-0.3, -0.25) is 10.1 Å². The molecule has 0 amide bonds. The van der Waals surface area contributed by atoms with Crippen LogP contribution in [0.25, 0.3) is 0 Å². The van der Waals surface area contributed by atoms with E-state index in [0.29, 0.717) is 30.6 Å². The summed E-state index contributed by atoms with van der Waals surface area (Å²) < 4.78 is 0. The number of anilines is 3. The number of aromatic carboxylic acids is 1. The van der Waals surface area contributed by atoms with E-state index < -0.39 is 10.9 Å². The molecule has 2 aromatic rings. The lowest BCUT2D eigenvalue weighted by molar-refractivity contribution is -0.383. The van der Waals surface area contributed by atoms with Gasteiger partial charge in [-0.2, -0.15) is 0 Å². The van der Waals surface area contributed by atoms with Crippen LogP contribution in [0.15, 0.2) is 30.6 Å². The third-order valence-corrected chi connectivity index (χ3v) is 3.85. The Morgan fingerprint density at radius 3 is 2.18 bits per heavy atom. The van der Waals surface area contributed by atoms with E-state index >= 15 is 0 Å². The highest BCUT2D eigenvalue weighted by molar-refractivity contribution is 5.88. The van der Waals surface area contributed by atoms with Crippen LogP contribution >= 0.6 is 0 Å². The van der Waals surface area contributed by atoms with E-state index in [1.807, 2.05) is 32.6 Å². The summed E-state index contributed by atoms with van der Waals surface area (Å²) in [4.78, 5) is 32.5. The van der Waals surface area contributed by atoms with Crippen LogP contribution in [0.5, 0.6) is 0 Å². The Balaban J connectivity index is 2.43. The van der Waals surface area contributed by atoms with Gasteiger partial charge in [0, 0.05) is 18.8 Å². The van der Waals surface area contributed by atoms with Crippen molar-refractivity contribution in [3.05, 3.63) is 46.3 Å². The quantitative estimate of drug-likeness (QED) is 0.490. The molecule has 0 bridgehead atoms. The van der Waals surface area contributed by atoms with E-state index in [1.165, 1.54) is 30.6 Å². The van der Waals surface area contributed by atoms with Crippen LogP contribution in [-0.4, -0.2) is 39.1 Å². The summed E-state index contributed by atoms with van der Waals surface area (Å²) in [6, 6.07) is 5.91. The second-order valence-electron chi connectivity index (χ2n) is 7.35. The summed E-state index contributed by atoms with van der Waals surface area (Å²) in [6.07, 6.45) is 1.30. The Morgan fingerprint density at radius 2 is 1.71 bits per heavy atom. The number of benzene rings is 1. The lowest BCUT2D eigenvalue weighted by Gasteiger charge is -2.27. The van der Waals surface area contributed by atoms with E-state index in [0.717, 1.165) is 0 Å². The molecule has 1 aromatic carbocycles. The molecule has 0 saturated heterocycles. The Morgan fingerprint density at radius 1 is 1.14 bits per heavy atom. The van der Waals surface area contributed by atoms with Crippen molar-refractivity contribution in [2.45, 2.75) is 27.7 Å². The highest BCUT2D eigenvalue weighted by Gasteiger charge is 2.28. The van der Waals surface area contributed by atoms with Crippen LogP contribution in [0.4, 0.5) is 23.0 Å². The first kappa shape index (κ1) is 21.1. The first-order chi connectivity index (χ1) is 13.2. The van der Waals surface area contributed by atoms with Gasteiger partial charge in [0.05, 0.1) is 10.5 Å². The zero-order valence-corrected chi connectivity index (χ0v) is 16.4. The van der Waals surface area contributed by atoms with Crippen LogP contribution in [-0.2, 0) is 0 Å². The van der Waals surface area contributed by atoms with E-state index in [9.17, 15) is 14.9 Å². The molecule has 0 aliphatic rings. The molecule has 0 unspecified atom stereocenters. The lowest BCUT2D eigenvalue weighted by atomic mass is 10.1. The fraction of sp³-hybridized carbons (Fsp3) is 0.421. The Labute approximate surface area is 163 Å². The van der Waals surface area contributed by atoms with Crippen LogP contribution in [0.2, 0.25) is 0 Å². The topological polar surface area (TPSA) is 121 Å². The molecule has 9 heteroatoms. The van der Waals surface area contributed by atoms with Gasteiger partial charge in [0.2, 0.25) is 11.6 Å². The Bertz CT molecular complexity index is 827. The van der Waals surface area contributed by atoms with Crippen LogP contribution < -0.4 is 10.2 Å². The van der Waals surface area contributed by atoms with Crippen molar-refractivity contribution >= 4 is 29.0 Å². The third kappa shape index (κ3) is 5.38. The van der Waals surface area contributed by atoms with Gasteiger partial charge in [0.15, 0.2) is 0 Å². The maximum Gasteiger partial charge on any atom is 0.353 e. The zero-order chi connectivity index (χ0) is 20.8. The molecule has 1 aromatic heterocycles. The van der Waals surface area contributed by atoms with Gasteiger partial charge in [-0.1, -0.05) is 27.7 Å². The normalized spacial score (nSPS) is 10.9. The average molecular weight is 387 g/mol. The molecule has 2 N–H and O–H groups in total. The van der Waals surface area contributed by atoms with Gasteiger partial charge in [-0.05, 0) is 36.1 Å². The fourth-order valence-corrected chi connectivity index (χ4v) is 2.82. The summed E-state index contributed by atoms with van der Waals surface area (Å²) in [5, 5.41) is 23.7. The van der Waals surface area contributed by atoms with Crippen molar-refractivity contribution < 1.29 is 14.8 Å². The van der Waals surface area contributed by atoms with Gasteiger partial charge in [0.25, 0.3) is 0 Å². The van der Waals surface area contributed by atoms with Crippen LogP contribution in [0.3, 0.4) is 0 Å². The molecule has 0 saturated carbocycles. The zero-order valence-electron chi connectivity index (χ0n) is 16.4. The number of hydrogen-bond donors (Lipinski definition) is 2. The van der Waals surface area contributed by atoms with E-state index in [1.54, 1.807) is 0 Å². The maximum atomic E-state index is 11.8. The molecule has 0 atom stereocenters. The number of aromatic nitrogens is 2. The number of nitro groups is 1. The van der Waals surface area contributed by atoms with Gasteiger partial charge in [-0.15, -0.1) is 0 Å². The molecule has 0 aliphatic heterocycles. The number of carboxylic acids is 1. The molecular formula is C19H25N5O4. The molecule has 28 heavy (non-hydrogen) atoms. The highest BCUT2D eigenvalue weighted by Crippen LogP contribution is 2.34. The smallest absolute Gasteiger partial charge is 0.353 e. The van der Waals surface area contributed by atoms with Gasteiger partial charge < -0.3 is 15.3 Å². The number of carboxylic acid groups (broad SMARTS) is 1. The number of nitrogens with one attached hydrogen (secondary N) is 1. The lowest BCUT2D eigenvalue weighted by Crippen LogP contribution is -2.32. The second-order valence-corrected chi connectivity index (χ2v) is 7.35. The van der Waals surface area contributed by atoms with Crippen molar-refractivity contribution in [1.82, 2.24) is 9.97 Å². The standard InChI is InChI=1S/C19H25N5O4/c1-12(2)9-23(10-13(3)4)18-16(24(27)28)17(20-11-21-18)22-15-7-5-14(6-8-15)19(25)26/h5-8,11-13H,9-10H2,1-4H3,(H,25,26)(H,20,21,22). The molecule has 0 aliphatic carbocycles. The van der Waals surface area contributed by atoms with Crippen molar-refractivity contribution in [1.29, 1.82) is 0 Å². The van der Waals surface area contributed by atoms with Crippen molar-refractivity contribution in [2.75, 3.05) is 23.3 Å². The van der Waals surface area contributed by atoms with Gasteiger partial charge in [-0.25, -0.2) is 14.8 Å². The Hall–Kier alpha value is -3.23. The summed E-state index contributed by atoms with van der Waals surface area (Å²) in [5.41, 5.74) is 0.423. The minimum absolute atomic E-state index is 0.0654. The Kier molecular flexibility index (Phi) is 6.86. The summed E-state index contributed by atoms with van der Waals surface area (Å²) >= 11 is 0. The minimum atomic E-state index is -1.04. The molecule has 0 radical (unpaired) electrons. The number of carbonyl (C=O) groups is 1. The van der Waals surface area contributed by atoms with Crippen molar-refractivity contribution in [3.63, 3.8) is 0 Å². The fourth-order valence-electron chi connectivity index (χ4n) is 2.82. The second kappa shape index (κ2) is 9.12. The number of nitrogens with zero attached hydrogens (tertiary/aromatic N) is 4. The third-order valence-electron chi connectivity index (χ3n) is 3.85. The molecule has 0 spiro atoms. The monoisotopic (exact) mass is 387 g/mol. The molecule has 0 fully saturated rings. The molecule has 1 heterocycles. The molecule has 9 nitrogen and oxygen atoms in total. The minimum Gasteiger partial charge on any atom is -0.478 e. The van der Waals surface area contributed by atoms with Gasteiger partial charge in [0.1, 0.15) is 6.33 Å². The summed E-state index contributed by atoms with van der Waals surface area (Å²) in [6.45, 7) is 9.44. The van der Waals surface area contributed by atoms with E-state index in [-0.39, 0.29) is 22.9 Å². The highest BCUT2D eigenvalue weighted by atomic mass is 16.6. The van der Waals surface area contributed by atoms with Crippen LogP contribution in [0, 0.1) is 22.0 Å².